The van der Waals surface area contributed by atoms with Crippen LogP contribution in [0.2, 0.25) is 5.02 Å². The summed E-state index contributed by atoms with van der Waals surface area (Å²) in [6.45, 7) is 0. The van der Waals surface area contributed by atoms with E-state index in [9.17, 15) is 4.79 Å². The maximum Gasteiger partial charge on any atom is 0.235 e. The molecule has 0 radical (unpaired) electrons. The van der Waals surface area contributed by atoms with Gasteiger partial charge in [-0.1, -0.05) is 23.7 Å². The van der Waals surface area contributed by atoms with E-state index in [2.05, 4.69) is 0 Å². The minimum absolute atomic E-state index is 0.164. The first-order valence-corrected chi connectivity index (χ1v) is 7.49. The number of hydrogen-bond acceptors (Lipinski definition) is 5. The number of benzene rings is 2. The molecule has 0 fully saturated rings. The second-order valence-electron chi connectivity index (χ2n) is 5.01. The number of carbonyl (C=O) groups is 1. The number of halogens is 1. The molecule has 1 heterocycles. The molecular formula is C18H15ClO5. The largest absolute Gasteiger partial charge is 0.496 e. The SMILES string of the molecule is COc1cc(OC)c2c(c1OC)O/C(=C\c1cccc(Cl)c1)C2=O. The first kappa shape index (κ1) is 16.2. The summed E-state index contributed by atoms with van der Waals surface area (Å²) in [4.78, 5) is 12.7. The van der Waals surface area contributed by atoms with Crippen molar-refractivity contribution in [2.24, 2.45) is 0 Å². The lowest BCUT2D eigenvalue weighted by Gasteiger charge is -2.13. The van der Waals surface area contributed by atoms with Gasteiger partial charge in [0.1, 0.15) is 11.3 Å². The third kappa shape index (κ3) is 2.67. The quantitative estimate of drug-likeness (QED) is 0.784. The molecule has 5 nitrogen and oxygen atoms in total. The highest BCUT2D eigenvalue weighted by molar-refractivity contribution is 6.30. The average Bonchev–Trinajstić information content (AvgIpc) is 2.90. The van der Waals surface area contributed by atoms with Gasteiger partial charge in [0.25, 0.3) is 0 Å². The van der Waals surface area contributed by atoms with Crippen LogP contribution in [0.25, 0.3) is 6.08 Å². The molecule has 0 saturated heterocycles. The van der Waals surface area contributed by atoms with Crippen molar-refractivity contribution in [2.75, 3.05) is 21.3 Å². The van der Waals surface area contributed by atoms with Gasteiger partial charge in [0, 0.05) is 11.1 Å². The molecule has 1 aliphatic rings. The van der Waals surface area contributed by atoms with Gasteiger partial charge in [-0.25, -0.2) is 0 Å². The van der Waals surface area contributed by atoms with E-state index < -0.39 is 0 Å². The van der Waals surface area contributed by atoms with Crippen molar-refractivity contribution < 1.29 is 23.7 Å². The molecule has 1 aliphatic heterocycles. The van der Waals surface area contributed by atoms with Gasteiger partial charge in [0.05, 0.1) is 21.3 Å². The number of allylic oxidation sites excluding steroid dienone is 1. The van der Waals surface area contributed by atoms with E-state index in [1.807, 2.05) is 6.07 Å². The predicted molar refractivity (Wildman–Crippen MR) is 90.5 cm³/mol. The summed E-state index contributed by atoms with van der Waals surface area (Å²) in [7, 11) is 4.47. The lowest BCUT2D eigenvalue weighted by molar-refractivity contribution is 0.101. The smallest absolute Gasteiger partial charge is 0.235 e. The summed E-state index contributed by atoms with van der Waals surface area (Å²) in [5.41, 5.74) is 1.06. The molecule has 3 rings (SSSR count). The van der Waals surface area contributed by atoms with Crippen LogP contribution < -0.4 is 18.9 Å². The van der Waals surface area contributed by atoms with E-state index in [-0.39, 0.29) is 17.3 Å². The normalized spacial score (nSPS) is 14.3. The minimum Gasteiger partial charge on any atom is -0.496 e. The lowest BCUT2D eigenvalue weighted by Crippen LogP contribution is -2.00. The summed E-state index contributed by atoms with van der Waals surface area (Å²) < 4.78 is 21.7. The molecule has 0 saturated carbocycles. The van der Waals surface area contributed by atoms with E-state index in [0.717, 1.165) is 5.56 Å². The van der Waals surface area contributed by atoms with Crippen LogP contribution in [0.15, 0.2) is 36.1 Å². The van der Waals surface area contributed by atoms with Crippen LogP contribution in [0.4, 0.5) is 0 Å². The van der Waals surface area contributed by atoms with Crippen molar-refractivity contribution in [2.45, 2.75) is 0 Å². The topological polar surface area (TPSA) is 54.0 Å². The second kappa shape index (κ2) is 6.45. The first-order valence-electron chi connectivity index (χ1n) is 7.11. The fraction of sp³-hybridized carbons (Fsp3) is 0.167. The fourth-order valence-corrected chi connectivity index (χ4v) is 2.73. The summed E-state index contributed by atoms with van der Waals surface area (Å²) in [6, 6.07) is 8.72. The van der Waals surface area contributed by atoms with Gasteiger partial charge in [-0.15, -0.1) is 0 Å². The molecule has 0 bridgehead atoms. The highest BCUT2D eigenvalue weighted by atomic mass is 35.5. The van der Waals surface area contributed by atoms with E-state index >= 15 is 0 Å². The highest BCUT2D eigenvalue weighted by Gasteiger charge is 2.36. The van der Waals surface area contributed by atoms with Crippen molar-refractivity contribution in [3.63, 3.8) is 0 Å². The van der Waals surface area contributed by atoms with Crippen LogP contribution in [-0.2, 0) is 0 Å². The van der Waals surface area contributed by atoms with Gasteiger partial charge in [0.15, 0.2) is 17.3 Å². The van der Waals surface area contributed by atoms with Crippen LogP contribution in [-0.4, -0.2) is 27.1 Å². The molecule has 2 aromatic carbocycles. The van der Waals surface area contributed by atoms with E-state index in [1.54, 1.807) is 30.3 Å². The molecule has 6 heteroatoms. The third-order valence-electron chi connectivity index (χ3n) is 3.62. The Hall–Kier alpha value is -2.66. The van der Waals surface area contributed by atoms with Crippen LogP contribution >= 0.6 is 11.6 Å². The van der Waals surface area contributed by atoms with Gasteiger partial charge in [-0.3, -0.25) is 4.79 Å². The van der Waals surface area contributed by atoms with Crippen molar-refractivity contribution in [3.05, 3.63) is 52.2 Å². The number of methoxy groups -OCH3 is 3. The number of ketones is 1. The maximum absolute atomic E-state index is 12.7. The van der Waals surface area contributed by atoms with Gasteiger partial charge in [-0.2, -0.15) is 0 Å². The Balaban J connectivity index is 2.12. The maximum atomic E-state index is 12.7. The number of hydrogen-bond donors (Lipinski definition) is 0. The Morgan fingerprint density at radius 3 is 2.42 bits per heavy atom. The summed E-state index contributed by atoms with van der Waals surface area (Å²) >= 11 is 5.98. The summed E-state index contributed by atoms with van der Waals surface area (Å²) in [6.07, 6.45) is 1.62. The number of fused-ring (bicyclic) bond motifs is 1. The Morgan fingerprint density at radius 2 is 1.79 bits per heavy atom. The van der Waals surface area contributed by atoms with Crippen LogP contribution in [0.1, 0.15) is 15.9 Å². The standard InChI is InChI=1S/C18H15ClO5/c1-21-12-9-14(22-2)17(23-3)18-15(12)16(20)13(24-18)8-10-5-4-6-11(19)7-10/h4-9H,1-3H3/b13-8-. The molecule has 0 atom stereocenters. The lowest BCUT2D eigenvalue weighted by atomic mass is 10.1. The van der Waals surface area contributed by atoms with Gasteiger partial charge >= 0.3 is 0 Å². The Labute approximate surface area is 144 Å². The Kier molecular flexibility index (Phi) is 4.36. The third-order valence-corrected chi connectivity index (χ3v) is 3.85. The van der Waals surface area contributed by atoms with E-state index in [4.69, 9.17) is 30.5 Å². The van der Waals surface area contributed by atoms with Crippen molar-refractivity contribution in [1.82, 2.24) is 0 Å². The molecule has 0 amide bonds. The molecule has 24 heavy (non-hydrogen) atoms. The number of carbonyl (C=O) groups excluding carboxylic acids is 1. The molecule has 0 N–H and O–H groups in total. The molecule has 0 aliphatic carbocycles. The molecule has 2 aromatic rings. The molecule has 0 unspecified atom stereocenters. The summed E-state index contributed by atoms with van der Waals surface area (Å²) in [5.74, 6) is 1.29. The summed E-state index contributed by atoms with van der Waals surface area (Å²) in [5, 5.41) is 0.573. The fourth-order valence-electron chi connectivity index (χ4n) is 2.53. The molecule has 0 spiro atoms. The zero-order chi connectivity index (χ0) is 17.3. The Bertz CT molecular complexity index is 842. The number of ether oxygens (including phenoxy) is 4. The second-order valence-corrected chi connectivity index (χ2v) is 5.45. The minimum atomic E-state index is -0.289. The van der Waals surface area contributed by atoms with Gasteiger partial charge in [-0.05, 0) is 23.8 Å². The van der Waals surface area contributed by atoms with Crippen molar-refractivity contribution in [1.29, 1.82) is 0 Å². The number of rotatable bonds is 4. The van der Waals surface area contributed by atoms with Crippen molar-refractivity contribution in [3.8, 4) is 23.0 Å². The van der Waals surface area contributed by atoms with Crippen LogP contribution in [0, 0.1) is 0 Å². The highest BCUT2D eigenvalue weighted by Crippen LogP contribution is 2.50. The predicted octanol–water partition coefficient (Wildman–Crippen LogP) is 3.98. The zero-order valence-corrected chi connectivity index (χ0v) is 14.1. The van der Waals surface area contributed by atoms with Gasteiger partial charge < -0.3 is 18.9 Å². The average molecular weight is 347 g/mol. The first-order chi connectivity index (χ1) is 11.6. The molecular weight excluding hydrogens is 332 g/mol. The van der Waals surface area contributed by atoms with E-state index in [1.165, 1.54) is 21.3 Å². The van der Waals surface area contributed by atoms with Gasteiger partial charge in [0.2, 0.25) is 11.5 Å². The Morgan fingerprint density at radius 1 is 1.04 bits per heavy atom. The molecule has 124 valence electrons. The number of Topliss-reactive ketones (excluding diaryl/α,β-unsaturated/α-hetero) is 1. The monoisotopic (exact) mass is 346 g/mol. The molecule has 0 aromatic heterocycles. The van der Waals surface area contributed by atoms with Crippen LogP contribution in [0.3, 0.4) is 0 Å². The van der Waals surface area contributed by atoms with Crippen molar-refractivity contribution >= 4 is 23.5 Å². The van der Waals surface area contributed by atoms with E-state index in [0.29, 0.717) is 27.8 Å². The van der Waals surface area contributed by atoms with Crippen LogP contribution in [0.5, 0.6) is 23.0 Å². The zero-order valence-electron chi connectivity index (χ0n) is 13.4.